The summed E-state index contributed by atoms with van der Waals surface area (Å²) in [4.78, 5) is 0. The van der Waals surface area contributed by atoms with Crippen LogP contribution >= 0.6 is 0 Å². The Bertz CT molecular complexity index is 749. The van der Waals surface area contributed by atoms with Crippen molar-refractivity contribution in [3.05, 3.63) is 41.1 Å². The minimum atomic E-state index is 0.726. The standard InChI is InChI=1S/C19H22N2/c1-2-5-13(4-1)14-8-9-18-16(12-14)15-6-3-7-17-19(15)21(18)11-10-20-17/h4,8-9,12,17,20H,1-3,5-7,10-11H2/p+1. The number of rotatable bonds is 1. The van der Waals surface area contributed by atoms with E-state index in [2.05, 4.69) is 34.2 Å². The summed E-state index contributed by atoms with van der Waals surface area (Å²) in [6.45, 7) is 2.43. The van der Waals surface area contributed by atoms with Gasteiger partial charge >= 0.3 is 0 Å². The summed E-state index contributed by atoms with van der Waals surface area (Å²) >= 11 is 0. The van der Waals surface area contributed by atoms with Gasteiger partial charge in [-0.1, -0.05) is 12.1 Å². The van der Waals surface area contributed by atoms with Crippen LogP contribution in [0.15, 0.2) is 24.3 Å². The van der Waals surface area contributed by atoms with E-state index in [0.717, 1.165) is 6.04 Å². The van der Waals surface area contributed by atoms with Crippen molar-refractivity contribution < 1.29 is 5.32 Å². The molecule has 2 heterocycles. The molecule has 2 heteroatoms. The fraction of sp³-hybridized carbons (Fsp3) is 0.474. The number of aryl methyl sites for hydroxylation is 1. The number of fused-ring (bicyclic) bond motifs is 3. The predicted molar refractivity (Wildman–Crippen MR) is 86.2 cm³/mol. The second kappa shape index (κ2) is 4.48. The molecule has 1 aromatic carbocycles. The SMILES string of the molecule is C1=C(c2ccc3c(c2)c2c4n3CC[NH2+]C4CCC2)CCC1. The normalized spacial score (nSPS) is 24.2. The summed E-state index contributed by atoms with van der Waals surface area (Å²) in [6, 6.07) is 7.98. The molecule has 5 rings (SSSR count). The summed E-state index contributed by atoms with van der Waals surface area (Å²) in [5.74, 6) is 0. The number of benzene rings is 1. The molecule has 1 aliphatic heterocycles. The molecular weight excluding hydrogens is 256 g/mol. The Morgan fingerprint density at radius 3 is 3.05 bits per heavy atom. The first-order valence-corrected chi connectivity index (χ1v) is 8.59. The zero-order valence-electron chi connectivity index (χ0n) is 12.6. The van der Waals surface area contributed by atoms with Crippen LogP contribution in [0.5, 0.6) is 0 Å². The number of aromatic nitrogens is 1. The second-order valence-corrected chi connectivity index (χ2v) is 6.89. The van der Waals surface area contributed by atoms with E-state index in [-0.39, 0.29) is 0 Å². The zero-order chi connectivity index (χ0) is 13.8. The van der Waals surface area contributed by atoms with Crippen molar-refractivity contribution in [1.82, 2.24) is 4.57 Å². The third-order valence-electron chi connectivity index (χ3n) is 5.72. The van der Waals surface area contributed by atoms with E-state index in [1.165, 1.54) is 62.7 Å². The second-order valence-electron chi connectivity index (χ2n) is 6.89. The Morgan fingerprint density at radius 1 is 1.14 bits per heavy atom. The lowest BCUT2D eigenvalue weighted by molar-refractivity contribution is -0.704. The molecule has 1 unspecified atom stereocenters. The first kappa shape index (κ1) is 12.0. The molecule has 0 saturated heterocycles. The highest BCUT2D eigenvalue weighted by Gasteiger charge is 2.32. The van der Waals surface area contributed by atoms with Gasteiger partial charge in [-0.2, -0.15) is 0 Å². The fourth-order valence-electron chi connectivity index (χ4n) is 4.77. The van der Waals surface area contributed by atoms with Crippen LogP contribution in [0.1, 0.15) is 55.0 Å². The van der Waals surface area contributed by atoms with Crippen LogP contribution in [0.3, 0.4) is 0 Å². The van der Waals surface area contributed by atoms with Crippen LogP contribution in [0.25, 0.3) is 16.5 Å². The summed E-state index contributed by atoms with van der Waals surface area (Å²) in [6.07, 6.45) is 10.3. The Kier molecular flexibility index (Phi) is 2.57. The van der Waals surface area contributed by atoms with E-state index in [1.54, 1.807) is 22.2 Å². The van der Waals surface area contributed by atoms with Gasteiger partial charge in [0.05, 0.1) is 18.8 Å². The average molecular weight is 279 g/mol. The number of nitrogens with zero attached hydrogens (tertiary/aromatic N) is 1. The largest absolute Gasteiger partial charge is 0.337 e. The molecule has 108 valence electrons. The molecule has 2 N–H and O–H groups in total. The monoisotopic (exact) mass is 279 g/mol. The average Bonchev–Trinajstić information content (AvgIpc) is 3.16. The van der Waals surface area contributed by atoms with E-state index in [1.807, 2.05) is 0 Å². The lowest BCUT2D eigenvalue weighted by Crippen LogP contribution is -2.88. The molecule has 0 spiro atoms. The molecule has 0 radical (unpaired) electrons. The van der Waals surface area contributed by atoms with E-state index in [0.29, 0.717) is 0 Å². The number of nitrogens with two attached hydrogens (primary N) is 1. The zero-order valence-corrected chi connectivity index (χ0v) is 12.6. The highest BCUT2D eigenvalue weighted by molar-refractivity contribution is 5.89. The molecule has 2 aromatic rings. The number of hydrogen-bond acceptors (Lipinski definition) is 0. The molecule has 21 heavy (non-hydrogen) atoms. The van der Waals surface area contributed by atoms with Gasteiger partial charge in [0.15, 0.2) is 0 Å². The lowest BCUT2D eigenvalue weighted by atomic mass is 9.90. The van der Waals surface area contributed by atoms with E-state index in [4.69, 9.17) is 0 Å². The third-order valence-corrected chi connectivity index (χ3v) is 5.72. The lowest BCUT2D eigenvalue weighted by Gasteiger charge is -2.27. The highest BCUT2D eigenvalue weighted by Crippen LogP contribution is 2.38. The predicted octanol–water partition coefficient (Wildman–Crippen LogP) is 3.16. The van der Waals surface area contributed by atoms with Gasteiger partial charge in [-0.15, -0.1) is 0 Å². The minimum absolute atomic E-state index is 0.726. The van der Waals surface area contributed by atoms with Crippen LogP contribution in [0.2, 0.25) is 0 Å². The minimum Gasteiger partial charge on any atom is -0.337 e. The molecular formula is C19H23N2+. The summed E-state index contributed by atoms with van der Waals surface area (Å²) in [7, 11) is 0. The maximum atomic E-state index is 2.63. The Balaban J connectivity index is 1.75. The number of hydrogen-bond donors (Lipinski definition) is 1. The first-order chi connectivity index (χ1) is 10.4. The van der Waals surface area contributed by atoms with Crippen LogP contribution in [-0.4, -0.2) is 11.1 Å². The fourth-order valence-corrected chi connectivity index (χ4v) is 4.77. The first-order valence-electron chi connectivity index (χ1n) is 8.59. The molecule has 1 aromatic heterocycles. The molecule has 0 amide bonds. The highest BCUT2D eigenvalue weighted by atomic mass is 15.1. The Morgan fingerprint density at radius 2 is 2.14 bits per heavy atom. The van der Waals surface area contributed by atoms with Crippen molar-refractivity contribution in [3.63, 3.8) is 0 Å². The molecule has 2 aliphatic carbocycles. The third kappa shape index (κ3) is 1.69. The summed E-state index contributed by atoms with van der Waals surface area (Å²) in [5.41, 5.74) is 7.86. The van der Waals surface area contributed by atoms with Gasteiger partial charge in [0.1, 0.15) is 6.04 Å². The van der Waals surface area contributed by atoms with Crippen molar-refractivity contribution in [2.75, 3.05) is 6.54 Å². The Labute approximate surface area is 125 Å². The van der Waals surface area contributed by atoms with Crippen molar-refractivity contribution in [3.8, 4) is 0 Å². The molecule has 3 aliphatic rings. The van der Waals surface area contributed by atoms with Gasteiger partial charge in [0.25, 0.3) is 0 Å². The van der Waals surface area contributed by atoms with Crippen molar-refractivity contribution in [2.24, 2.45) is 0 Å². The van der Waals surface area contributed by atoms with Gasteiger partial charge in [0, 0.05) is 17.3 Å². The van der Waals surface area contributed by atoms with Crippen LogP contribution in [0.4, 0.5) is 0 Å². The molecule has 1 atom stereocenters. The summed E-state index contributed by atoms with van der Waals surface area (Å²) in [5, 5.41) is 4.12. The molecule has 0 bridgehead atoms. The maximum absolute atomic E-state index is 2.63. The Hall–Kier alpha value is -1.54. The summed E-state index contributed by atoms with van der Waals surface area (Å²) < 4.78 is 2.63. The van der Waals surface area contributed by atoms with Crippen LogP contribution < -0.4 is 5.32 Å². The number of quaternary nitrogens is 1. The molecule has 0 fully saturated rings. The number of allylic oxidation sites excluding steroid dienone is 2. The maximum Gasteiger partial charge on any atom is 0.127 e. The molecule has 0 saturated carbocycles. The van der Waals surface area contributed by atoms with E-state index < -0.39 is 0 Å². The van der Waals surface area contributed by atoms with Gasteiger partial charge in [-0.25, -0.2) is 0 Å². The molecule has 2 nitrogen and oxygen atoms in total. The van der Waals surface area contributed by atoms with Crippen LogP contribution in [-0.2, 0) is 13.0 Å². The van der Waals surface area contributed by atoms with Crippen molar-refractivity contribution in [2.45, 2.75) is 51.1 Å². The topological polar surface area (TPSA) is 21.5 Å². The smallest absolute Gasteiger partial charge is 0.127 e. The van der Waals surface area contributed by atoms with E-state index >= 15 is 0 Å². The van der Waals surface area contributed by atoms with Gasteiger partial charge in [-0.3, -0.25) is 0 Å². The van der Waals surface area contributed by atoms with Gasteiger partial charge < -0.3 is 9.88 Å². The van der Waals surface area contributed by atoms with Crippen LogP contribution in [0, 0.1) is 0 Å². The van der Waals surface area contributed by atoms with Gasteiger partial charge in [0.2, 0.25) is 0 Å². The van der Waals surface area contributed by atoms with Crippen molar-refractivity contribution in [1.29, 1.82) is 0 Å². The van der Waals surface area contributed by atoms with Crippen molar-refractivity contribution >= 4 is 16.5 Å². The van der Waals surface area contributed by atoms with Gasteiger partial charge in [-0.05, 0) is 60.9 Å². The quantitative estimate of drug-likeness (QED) is 0.828. The van der Waals surface area contributed by atoms with E-state index in [9.17, 15) is 0 Å².